The summed E-state index contributed by atoms with van der Waals surface area (Å²) in [6.45, 7) is 13.5. The molecule has 0 aliphatic carbocycles. The Kier molecular flexibility index (Phi) is 7.90. The van der Waals surface area contributed by atoms with Gasteiger partial charge in [-0.3, -0.25) is 15.0 Å². The molecular formula is C25H33BrN6S. The molecule has 0 bridgehead atoms. The largest absolute Gasteiger partial charge is 0.370 e. The molecule has 2 aromatic heterocycles. The molecule has 8 heteroatoms. The molecule has 1 aliphatic heterocycles. The summed E-state index contributed by atoms with van der Waals surface area (Å²) >= 11 is 1.68. The van der Waals surface area contributed by atoms with Gasteiger partial charge in [-0.05, 0) is 42.5 Å². The molecule has 0 unspecified atom stereocenters. The fourth-order valence-electron chi connectivity index (χ4n) is 3.90. The molecule has 0 amide bonds. The molecular weight excluding hydrogens is 496 g/mol. The minimum absolute atomic E-state index is 0. The van der Waals surface area contributed by atoms with Gasteiger partial charge in [-0.1, -0.05) is 32.9 Å². The Balaban J connectivity index is 0.00000306. The molecule has 176 valence electrons. The normalized spacial score (nSPS) is 13.7. The third-order valence-corrected chi connectivity index (χ3v) is 6.84. The zero-order chi connectivity index (χ0) is 22.9. The van der Waals surface area contributed by atoms with Crippen LogP contribution in [0.1, 0.15) is 53.7 Å². The number of benzene rings is 1. The SMILES string of the molecule is Br.Cc1cc(Cc2nc(-c3cnc(C(C)(C)C)cn3)cs2)c(C)cc1CCN1CCN=C1N. The van der Waals surface area contributed by atoms with Crippen molar-refractivity contribution in [1.82, 2.24) is 19.9 Å². The van der Waals surface area contributed by atoms with Crippen LogP contribution in [-0.2, 0) is 18.3 Å². The molecule has 0 atom stereocenters. The van der Waals surface area contributed by atoms with Gasteiger partial charge in [0.1, 0.15) is 11.4 Å². The van der Waals surface area contributed by atoms with Gasteiger partial charge in [0, 0.05) is 36.5 Å². The number of hydrogen-bond acceptors (Lipinski definition) is 7. The van der Waals surface area contributed by atoms with Crippen molar-refractivity contribution < 1.29 is 0 Å². The third-order valence-electron chi connectivity index (χ3n) is 5.99. The Morgan fingerprint density at radius 1 is 1.03 bits per heavy atom. The summed E-state index contributed by atoms with van der Waals surface area (Å²) in [5.74, 6) is 0.674. The summed E-state index contributed by atoms with van der Waals surface area (Å²) in [5.41, 5.74) is 14.0. The number of aliphatic imine (C=N–C) groups is 1. The van der Waals surface area contributed by atoms with E-state index < -0.39 is 0 Å². The summed E-state index contributed by atoms with van der Waals surface area (Å²) in [6, 6.07) is 4.63. The Labute approximate surface area is 211 Å². The van der Waals surface area contributed by atoms with Crippen molar-refractivity contribution in [1.29, 1.82) is 0 Å². The lowest BCUT2D eigenvalue weighted by Crippen LogP contribution is -2.35. The molecule has 6 nitrogen and oxygen atoms in total. The summed E-state index contributed by atoms with van der Waals surface area (Å²) in [6.07, 6.45) is 5.51. The van der Waals surface area contributed by atoms with E-state index in [2.05, 4.69) is 72.0 Å². The van der Waals surface area contributed by atoms with Crippen molar-refractivity contribution in [3.63, 3.8) is 0 Å². The van der Waals surface area contributed by atoms with Gasteiger partial charge in [-0.25, -0.2) is 4.98 Å². The van der Waals surface area contributed by atoms with Crippen LogP contribution in [0.2, 0.25) is 0 Å². The van der Waals surface area contributed by atoms with E-state index in [0.29, 0.717) is 5.96 Å². The molecule has 1 aromatic carbocycles. The first-order valence-electron chi connectivity index (χ1n) is 11.1. The van der Waals surface area contributed by atoms with E-state index in [0.717, 1.165) is 54.6 Å². The summed E-state index contributed by atoms with van der Waals surface area (Å²) in [4.78, 5) is 20.5. The van der Waals surface area contributed by atoms with Crippen LogP contribution >= 0.6 is 28.3 Å². The van der Waals surface area contributed by atoms with Crippen molar-refractivity contribution in [3.05, 3.63) is 62.9 Å². The highest BCUT2D eigenvalue weighted by molar-refractivity contribution is 8.93. The van der Waals surface area contributed by atoms with E-state index in [1.807, 2.05) is 12.4 Å². The number of aryl methyl sites for hydroxylation is 2. The number of thiazole rings is 1. The zero-order valence-corrected chi connectivity index (χ0v) is 22.6. The molecule has 0 saturated carbocycles. The predicted octanol–water partition coefficient (Wildman–Crippen LogP) is 4.86. The van der Waals surface area contributed by atoms with Gasteiger partial charge in [-0.15, -0.1) is 28.3 Å². The number of aromatic nitrogens is 3. The summed E-state index contributed by atoms with van der Waals surface area (Å²) in [5, 5.41) is 3.17. The molecule has 3 heterocycles. The molecule has 0 fully saturated rings. The maximum absolute atomic E-state index is 5.95. The topological polar surface area (TPSA) is 80.3 Å². The van der Waals surface area contributed by atoms with Crippen LogP contribution in [-0.4, -0.2) is 45.4 Å². The van der Waals surface area contributed by atoms with E-state index in [4.69, 9.17) is 10.7 Å². The molecule has 3 aromatic rings. The zero-order valence-electron chi connectivity index (χ0n) is 20.1. The van der Waals surface area contributed by atoms with E-state index in [-0.39, 0.29) is 22.4 Å². The van der Waals surface area contributed by atoms with Gasteiger partial charge in [0.2, 0.25) is 0 Å². The highest BCUT2D eigenvalue weighted by Crippen LogP contribution is 2.26. The Hall–Kier alpha value is -2.32. The quantitative estimate of drug-likeness (QED) is 0.494. The van der Waals surface area contributed by atoms with Crippen LogP contribution in [0.5, 0.6) is 0 Å². The number of nitrogens with zero attached hydrogens (tertiary/aromatic N) is 5. The molecule has 4 rings (SSSR count). The van der Waals surface area contributed by atoms with Crippen molar-refractivity contribution in [2.45, 2.75) is 52.9 Å². The number of rotatable bonds is 6. The van der Waals surface area contributed by atoms with Gasteiger partial charge < -0.3 is 10.6 Å². The number of hydrogen-bond donors (Lipinski definition) is 1. The van der Waals surface area contributed by atoms with Crippen LogP contribution in [0.3, 0.4) is 0 Å². The molecule has 1 aliphatic rings. The van der Waals surface area contributed by atoms with Gasteiger partial charge in [-0.2, -0.15) is 0 Å². The second-order valence-electron chi connectivity index (χ2n) is 9.52. The molecule has 0 saturated heterocycles. The van der Waals surface area contributed by atoms with E-state index in [1.165, 1.54) is 22.3 Å². The lowest BCUT2D eigenvalue weighted by Gasteiger charge is -2.19. The average molecular weight is 530 g/mol. The van der Waals surface area contributed by atoms with Crippen LogP contribution < -0.4 is 5.73 Å². The van der Waals surface area contributed by atoms with Crippen molar-refractivity contribution in [3.8, 4) is 11.4 Å². The van der Waals surface area contributed by atoms with Crippen LogP contribution in [0.4, 0.5) is 0 Å². The molecule has 0 spiro atoms. The Morgan fingerprint density at radius 3 is 2.39 bits per heavy atom. The van der Waals surface area contributed by atoms with E-state index in [1.54, 1.807) is 11.3 Å². The van der Waals surface area contributed by atoms with Gasteiger partial charge in [0.25, 0.3) is 0 Å². The molecule has 2 N–H and O–H groups in total. The number of halogens is 1. The second kappa shape index (κ2) is 10.3. The summed E-state index contributed by atoms with van der Waals surface area (Å²) < 4.78 is 0. The van der Waals surface area contributed by atoms with E-state index >= 15 is 0 Å². The van der Waals surface area contributed by atoms with Gasteiger partial charge in [0.05, 0.1) is 23.4 Å². The lowest BCUT2D eigenvalue weighted by molar-refractivity contribution is 0.457. The maximum Gasteiger partial charge on any atom is 0.191 e. The van der Waals surface area contributed by atoms with Gasteiger partial charge >= 0.3 is 0 Å². The van der Waals surface area contributed by atoms with Crippen LogP contribution in [0, 0.1) is 13.8 Å². The lowest BCUT2D eigenvalue weighted by atomic mass is 9.93. The maximum atomic E-state index is 5.95. The highest BCUT2D eigenvalue weighted by Gasteiger charge is 2.17. The second-order valence-corrected chi connectivity index (χ2v) is 10.5. The minimum atomic E-state index is -0.00497. The standard InChI is InChI=1S/C25H32N6S.BrH/c1-16-11-19(17(2)10-18(16)6-8-31-9-7-27-24(31)26)12-23-30-21(15-32-23)20-13-29-22(14-28-20)25(3,4)5;/h10-11,13-15H,6-9,12H2,1-5H3,(H2,26,27);1H. The Morgan fingerprint density at radius 2 is 1.76 bits per heavy atom. The molecule has 0 radical (unpaired) electrons. The summed E-state index contributed by atoms with van der Waals surface area (Å²) in [7, 11) is 0. The fraction of sp³-hybridized carbons (Fsp3) is 0.440. The number of guanidine groups is 1. The van der Waals surface area contributed by atoms with E-state index in [9.17, 15) is 0 Å². The minimum Gasteiger partial charge on any atom is -0.370 e. The monoisotopic (exact) mass is 528 g/mol. The van der Waals surface area contributed by atoms with Crippen molar-refractivity contribution in [2.75, 3.05) is 19.6 Å². The fourth-order valence-corrected chi connectivity index (χ4v) is 4.71. The van der Waals surface area contributed by atoms with Crippen molar-refractivity contribution >= 4 is 34.3 Å². The highest BCUT2D eigenvalue weighted by atomic mass is 79.9. The van der Waals surface area contributed by atoms with Gasteiger partial charge in [0.15, 0.2) is 5.96 Å². The number of nitrogens with two attached hydrogens (primary N) is 1. The third kappa shape index (κ3) is 5.98. The van der Waals surface area contributed by atoms with Crippen LogP contribution in [0.15, 0.2) is 34.9 Å². The smallest absolute Gasteiger partial charge is 0.191 e. The first-order chi connectivity index (χ1) is 15.2. The first kappa shape index (κ1) is 25.3. The average Bonchev–Trinajstić information content (AvgIpc) is 3.38. The Bertz CT molecular complexity index is 1130. The van der Waals surface area contributed by atoms with Crippen LogP contribution in [0.25, 0.3) is 11.4 Å². The molecule has 33 heavy (non-hydrogen) atoms. The predicted molar refractivity (Wildman–Crippen MR) is 143 cm³/mol. The van der Waals surface area contributed by atoms with Crippen molar-refractivity contribution in [2.24, 2.45) is 10.7 Å². The first-order valence-corrected chi connectivity index (χ1v) is 12.0.